The van der Waals surface area contributed by atoms with Gasteiger partial charge in [-0.2, -0.15) is 9.78 Å². The van der Waals surface area contributed by atoms with Crippen LogP contribution in [-0.4, -0.2) is 62.9 Å². The lowest BCUT2D eigenvalue weighted by molar-refractivity contribution is -0.134. The Bertz CT molecular complexity index is 1160. The molecular weight excluding hydrogens is 446 g/mol. The summed E-state index contributed by atoms with van der Waals surface area (Å²) in [5.41, 5.74) is 2.51. The van der Waals surface area contributed by atoms with Crippen LogP contribution in [-0.2, 0) is 9.59 Å². The number of para-hydroxylation sites is 1. The minimum absolute atomic E-state index is 0.118. The molecule has 0 atom stereocenters. The van der Waals surface area contributed by atoms with Gasteiger partial charge in [0.1, 0.15) is 0 Å². The number of hydrogen-bond donors (Lipinski definition) is 2. The Balaban J connectivity index is 0.000000331. The summed E-state index contributed by atoms with van der Waals surface area (Å²) < 4.78 is 1.55. The number of piperidine rings is 1. The van der Waals surface area contributed by atoms with E-state index in [9.17, 15) is 14.4 Å². The molecule has 3 aromatic rings. The van der Waals surface area contributed by atoms with Crippen molar-refractivity contribution >= 4 is 40.3 Å². The second-order valence-corrected chi connectivity index (χ2v) is 8.15. The molecule has 0 saturated carbocycles. The Hall–Kier alpha value is -3.49. The lowest BCUT2D eigenvalue weighted by Crippen LogP contribution is -2.29. The molecule has 1 saturated heterocycles. The summed E-state index contributed by atoms with van der Waals surface area (Å²) in [5.74, 6) is -2.23. The van der Waals surface area contributed by atoms with E-state index in [1.807, 2.05) is 18.2 Å². The number of aromatic nitrogens is 2. The van der Waals surface area contributed by atoms with Gasteiger partial charge >= 0.3 is 11.9 Å². The number of halogens is 1. The van der Waals surface area contributed by atoms with Crippen molar-refractivity contribution in [1.29, 1.82) is 0 Å². The number of carbonyl (C=O) groups excluding carboxylic acids is 1. The molecule has 0 aliphatic carbocycles. The third kappa shape index (κ3) is 6.27. The third-order valence-corrected chi connectivity index (χ3v) is 5.63. The first-order valence-electron chi connectivity index (χ1n) is 10.4. The zero-order chi connectivity index (χ0) is 24.0. The van der Waals surface area contributed by atoms with Crippen molar-refractivity contribution in [2.75, 3.05) is 20.1 Å². The Morgan fingerprint density at radius 3 is 2.12 bits per heavy atom. The number of rotatable bonds is 4. The normalized spacial score (nSPS) is 14.7. The molecular formula is C24H24ClN3O5. The summed E-state index contributed by atoms with van der Waals surface area (Å²) in [6, 6.07) is 15.0. The molecule has 2 aromatic carbocycles. The summed E-state index contributed by atoms with van der Waals surface area (Å²) in [7, 11) is 2.15. The second-order valence-electron chi connectivity index (χ2n) is 7.71. The van der Waals surface area contributed by atoms with E-state index in [-0.39, 0.29) is 5.91 Å². The predicted octanol–water partition coefficient (Wildman–Crippen LogP) is 3.90. The standard InChI is InChI=1S/C20H20ClN3O.C4H4O4/c1-23-12-10-14(11-13-23)19-17-4-2-3-5-18(17)24(22-19)20(25)15-6-8-16(21)9-7-15;5-3(6)1-2-4(7)8/h2-9,14H,10-13H2,1H3;1-2H,(H,5,6)(H,7,8)/b;2-1+. The van der Waals surface area contributed by atoms with Crippen LogP contribution < -0.4 is 0 Å². The van der Waals surface area contributed by atoms with Gasteiger partial charge in [-0.15, -0.1) is 0 Å². The van der Waals surface area contributed by atoms with Gasteiger partial charge in [-0.3, -0.25) is 4.79 Å². The van der Waals surface area contributed by atoms with Crippen LogP contribution in [0, 0.1) is 0 Å². The van der Waals surface area contributed by atoms with Crippen LogP contribution >= 0.6 is 11.6 Å². The van der Waals surface area contributed by atoms with Crippen molar-refractivity contribution in [3.63, 3.8) is 0 Å². The van der Waals surface area contributed by atoms with Gasteiger partial charge in [0, 0.05) is 34.0 Å². The number of nitrogens with zero attached hydrogens (tertiary/aromatic N) is 3. The molecule has 1 aliphatic heterocycles. The number of carbonyl (C=O) groups is 3. The van der Waals surface area contributed by atoms with Crippen LogP contribution in [0.4, 0.5) is 0 Å². The summed E-state index contributed by atoms with van der Waals surface area (Å²) in [6.45, 7) is 2.13. The van der Waals surface area contributed by atoms with Crippen LogP contribution in [0.15, 0.2) is 60.7 Å². The zero-order valence-electron chi connectivity index (χ0n) is 18.0. The molecule has 8 nitrogen and oxygen atoms in total. The van der Waals surface area contributed by atoms with E-state index in [0.717, 1.165) is 42.5 Å². The van der Waals surface area contributed by atoms with Crippen molar-refractivity contribution in [2.45, 2.75) is 18.8 Å². The molecule has 1 aromatic heterocycles. The molecule has 0 amide bonds. The third-order valence-electron chi connectivity index (χ3n) is 5.37. The molecule has 0 unspecified atom stereocenters. The number of likely N-dealkylation sites (tertiary alicyclic amines) is 1. The molecule has 172 valence electrons. The van der Waals surface area contributed by atoms with E-state index in [1.165, 1.54) is 0 Å². The first-order valence-corrected chi connectivity index (χ1v) is 10.7. The van der Waals surface area contributed by atoms with E-state index in [2.05, 4.69) is 18.0 Å². The molecule has 0 radical (unpaired) electrons. The van der Waals surface area contributed by atoms with E-state index in [1.54, 1.807) is 28.9 Å². The number of benzene rings is 2. The minimum Gasteiger partial charge on any atom is -0.478 e. The van der Waals surface area contributed by atoms with Gasteiger partial charge in [0.2, 0.25) is 0 Å². The molecule has 4 rings (SSSR count). The highest BCUT2D eigenvalue weighted by molar-refractivity contribution is 6.30. The van der Waals surface area contributed by atoms with Crippen molar-refractivity contribution < 1.29 is 24.6 Å². The number of carboxylic acid groups (broad SMARTS) is 2. The molecule has 33 heavy (non-hydrogen) atoms. The van der Waals surface area contributed by atoms with Crippen LogP contribution in [0.5, 0.6) is 0 Å². The van der Waals surface area contributed by atoms with E-state index >= 15 is 0 Å². The van der Waals surface area contributed by atoms with Gasteiger partial charge < -0.3 is 15.1 Å². The van der Waals surface area contributed by atoms with Crippen LogP contribution in [0.3, 0.4) is 0 Å². The highest BCUT2D eigenvalue weighted by atomic mass is 35.5. The summed E-state index contributed by atoms with van der Waals surface area (Å²) in [4.78, 5) is 34.4. The minimum atomic E-state index is -1.26. The second kappa shape index (κ2) is 10.9. The summed E-state index contributed by atoms with van der Waals surface area (Å²) in [6.07, 6.45) is 3.27. The SMILES string of the molecule is CN1CCC(c2nn(C(=O)c3ccc(Cl)cc3)c3ccccc23)CC1.O=C(O)/C=C/C(=O)O. The Kier molecular flexibility index (Phi) is 7.97. The smallest absolute Gasteiger partial charge is 0.328 e. The van der Waals surface area contributed by atoms with Gasteiger partial charge in [-0.1, -0.05) is 29.8 Å². The first kappa shape index (κ1) is 24.2. The van der Waals surface area contributed by atoms with E-state index in [0.29, 0.717) is 28.7 Å². The van der Waals surface area contributed by atoms with E-state index < -0.39 is 11.9 Å². The molecule has 2 heterocycles. The van der Waals surface area contributed by atoms with Crippen LogP contribution in [0.1, 0.15) is 34.8 Å². The maximum absolute atomic E-state index is 13.0. The maximum atomic E-state index is 13.0. The average Bonchev–Trinajstić information content (AvgIpc) is 3.18. The fourth-order valence-electron chi connectivity index (χ4n) is 3.69. The molecule has 0 spiro atoms. The summed E-state index contributed by atoms with van der Waals surface area (Å²) in [5, 5.41) is 22.1. The Morgan fingerprint density at radius 1 is 0.970 bits per heavy atom. The number of aliphatic carboxylic acids is 2. The summed E-state index contributed by atoms with van der Waals surface area (Å²) >= 11 is 5.94. The highest BCUT2D eigenvalue weighted by Gasteiger charge is 2.25. The highest BCUT2D eigenvalue weighted by Crippen LogP contribution is 2.32. The van der Waals surface area contributed by atoms with Gasteiger partial charge in [0.05, 0.1) is 11.2 Å². The van der Waals surface area contributed by atoms with Crippen LogP contribution in [0.2, 0.25) is 5.02 Å². The predicted molar refractivity (Wildman–Crippen MR) is 125 cm³/mol. The average molecular weight is 470 g/mol. The zero-order valence-corrected chi connectivity index (χ0v) is 18.8. The van der Waals surface area contributed by atoms with Crippen molar-refractivity contribution in [2.24, 2.45) is 0 Å². The maximum Gasteiger partial charge on any atom is 0.328 e. The lowest BCUT2D eigenvalue weighted by atomic mass is 9.92. The number of carboxylic acids is 2. The fraction of sp³-hybridized carbons (Fsp3) is 0.250. The Labute approximate surface area is 195 Å². The van der Waals surface area contributed by atoms with Gasteiger partial charge in [0.25, 0.3) is 5.91 Å². The molecule has 1 fully saturated rings. The van der Waals surface area contributed by atoms with Crippen molar-refractivity contribution in [3.05, 3.63) is 77.0 Å². The topological polar surface area (TPSA) is 113 Å². The molecule has 2 N–H and O–H groups in total. The first-order chi connectivity index (χ1) is 15.8. The van der Waals surface area contributed by atoms with Crippen LogP contribution in [0.25, 0.3) is 10.9 Å². The van der Waals surface area contributed by atoms with Crippen molar-refractivity contribution in [3.8, 4) is 0 Å². The Morgan fingerprint density at radius 2 is 1.55 bits per heavy atom. The van der Waals surface area contributed by atoms with Gasteiger partial charge in [-0.25, -0.2) is 9.59 Å². The quantitative estimate of drug-likeness (QED) is 0.557. The number of hydrogen-bond acceptors (Lipinski definition) is 5. The fourth-order valence-corrected chi connectivity index (χ4v) is 3.81. The van der Waals surface area contributed by atoms with Gasteiger partial charge in [-0.05, 0) is 63.3 Å². The van der Waals surface area contributed by atoms with E-state index in [4.69, 9.17) is 26.9 Å². The number of fused-ring (bicyclic) bond motifs is 1. The van der Waals surface area contributed by atoms with Gasteiger partial charge in [0.15, 0.2) is 0 Å². The molecule has 0 bridgehead atoms. The van der Waals surface area contributed by atoms with Crippen molar-refractivity contribution in [1.82, 2.24) is 14.7 Å². The molecule has 9 heteroatoms. The lowest BCUT2D eigenvalue weighted by Gasteiger charge is -2.28. The largest absolute Gasteiger partial charge is 0.478 e. The molecule has 1 aliphatic rings. The monoisotopic (exact) mass is 469 g/mol.